The Morgan fingerprint density at radius 3 is 2.58 bits per heavy atom. The van der Waals surface area contributed by atoms with Gasteiger partial charge in [-0.25, -0.2) is 0 Å². The summed E-state index contributed by atoms with van der Waals surface area (Å²) in [5.41, 5.74) is 0.942. The molecule has 0 aromatic heterocycles. The summed E-state index contributed by atoms with van der Waals surface area (Å²) < 4.78 is 16.7. The summed E-state index contributed by atoms with van der Waals surface area (Å²) in [5.74, 6) is 1.58. The highest BCUT2D eigenvalue weighted by Crippen LogP contribution is 2.19. The van der Waals surface area contributed by atoms with E-state index in [4.69, 9.17) is 14.0 Å². The maximum Gasteiger partial charge on any atom is 0.562 e. The van der Waals surface area contributed by atoms with Crippen LogP contribution in [-0.2, 0) is 9.31 Å². The van der Waals surface area contributed by atoms with E-state index in [1.807, 2.05) is 60.7 Å². The van der Waals surface area contributed by atoms with E-state index < -0.39 is 0 Å². The van der Waals surface area contributed by atoms with E-state index in [1.165, 1.54) is 0 Å². The normalized spacial score (nSPS) is 14.0. The molecule has 3 nitrogen and oxygen atoms in total. The molecule has 0 amide bonds. The van der Waals surface area contributed by atoms with Gasteiger partial charge in [-0.2, -0.15) is 0 Å². The van der Waals surface area contributed by atoms with Crippen LogP contribution in [0.25, 0.3) is 0 Å². The third-order valence-electron chi connectivity index (χ3n) is 2.75. The molecule has 19 heavy (non-hydrogen) atoms. The minimum absolute atomic E-state index is 0.357. The summed E-state index contributed by atoms with van der Waals surface area (Å²) >= 11 is 0. The minimum Gasteiger partial charge on any atom is -0.538 e. The maximum atomic E-state index is 5.78. The van der Waals surface area contributed by atoms with Gasteiger partial charge < -0.3 is 14.0 Å². The van der Waals surface area contributed by atoms with Crippen molar-refractivity contribution >= 4 is 12.6 Å². The molecule has 0 fully saturated rings. The second-order valence-electron chi connectivity index (χ2n) is 4.16. The second kappa shape index (κ2) is 5.63. The number of rotatable bonds is 3. The molecule has 0 aliphatic carbocycles. The smallest absolute Gasteiger partial charge is 0.538 e. The molecule has 1 aliphatic heterocycles. The number of benzene rings is 2. The van der Waals surface area contributed by atoms with Crippen molar-refractivity contribution in [3.05, 3.63) is 66.9 Å². The lowest BCUT2D eigenvalue weighted by molar-refractivity contribution is 0.264. The molecule has 94 valence electrons. The van der Waals surface area contributed by atoms with Gasteiger partial charge in [0.2, 0.25) is 0 Å². The van der Waals surface area contributed by atoms with Gasteiger partial charge in [0, 0.05) is 5.46 Å². The van der Waals surface area contributed by atoms with Crippen LogP contribution in [0.4, 0.5) is 0 Å². The number of ether oxygens (including phenoxy) is 1. The van der Waals surface area contributed by atoms with E-state index in [0.717, 1.165) is 17.0 Å². The average Bonchev–Trinajstić information content (AvgIpc) is 2.49. The molecule has 2 aromatic carbocycles. The van der Waals surface area contributed by atoms with Crippen molar-refractivity contribution in [3.8, 4) is 11.5 Å². The Hall–Kier alpha value is -2.20. The lowest BCUT2D eigenvalue weighted by atomic mass is 9.78. The van der Waals surface area contributed by atoms with Crippen LogP contribution in [0.5, 0.6) is 11.5 Å². The summed E-state index contributed by atoms with van der Waals surface area (Å²) in [6, 6.07) is 17.4. The first-order valence-corrected chi connectivity index (χ1v) is 6.17. The molecule has 3 rings (SSSR count). The molecule has 4 heteroatoms. The zero-order valence-electron chi connectivity index (χ0n) is 10.4. The molecule has 1 heterocycles. The van der Waals surface area contributed by atoms with E-state index in [2.05, 4.69) is 0 Å². The third kappa shape index (κ3) is 2.98. The largest absolute Gasteiger partial charge is 0.562 e. The summed E-state index contributed by atoms with van der Waals surface area (Å²) in [7, 11) is -0.357. The van der Waals surface area contributed by atoms with Gasteiger partial charge in [0.05, 0.1) is 12.9 Å². The fraction of sp³-hybridized carbons (Fsp3) is 0.0667. The summed E-state index contributed by atoms with van der Waals surface area (Å²) in [4.78, 5) is 0. The van der Waals surface area contributed by atoms with Crippen LogP contribution in [0.2, 0.25) is 0 Å². The highest BCUT2D eigenvalue weighted by atomic mass is 16.6. The van der Waals surface area contributed by atoms with Crippen LogP contribution >= 0.6 is 0 Å². The van der Waals surface area contributed by atoms with Crippen molar-refractivity contribution in [3.63, 3.8) is 0 Å². The van der Waals surface area contributed by atoms with Gasteiger partial charge in [0.25, 0.3) is 0 Å². The molecule has 0 unspecified atom stereocenters. The van der Waals surface area contributed by atoms with Crippen molar-refractivity contribution in [2.75, 3.05) is 6.61 Å². The van der Waals surface area contributed by atoms with Gasteiger partial charge in [-0.3, -0.25) is 0 Å². The first kappa shape index (κ1) is 11.9. The SMILES string of the molecule is C1=COB(c2cccc(Oc3ccccc3)c2)OC1. The first-order chi connectivity index (χ1) is 9.42. The molecule has 0 bridgehead atoms. The predicted octanol–water partition coefficient (Wildman–Crippen LogP) is 2.73. The lowest BCUT2D eigenvalue weighted by Crippen LogP contribution is -2.37. The van der Waals surface area contributed by atoms with Crippen molar-refractivity contribution in [2.24, 2.45) is 0 Å². The van der Waals surface area contributed by atoms with E-state index in [9.17, 15) is 0 Å². The van der Waals surface area contributed by atoms with Crippen LogP contribution in [0.15, 0.2) is 66.9 Å². The molecule has 0 radical (unpaired) electrons. The van der Waals surface area contributed by atoms with Gasteiger partial charge in [-0.1, -0.05) is 30.3 Å². The van der Waals surface area contributed by atoms with Gasteiger partial charge in [-0.15, -0.1) is 0 Å². The minimum atomic E-state index is -0.357. The molecular formula is C15H13BO3. The summed E-state index contributed by atoms with van der Waals surface area (Å²) in [6.07, 6.45) is 3.50. The summed E-state index contributed by atoms with van der Waals surface area (Å²) in [6.45, 7) is 0.564. The fourth-order valence-electron chi connectivity index (χ4n) is 1.87. The topological polar surface area (TPSA) is 27.7 Å². The Balaban J connectivity index is 1.78. The molecule has 0 saturated heterocycles. The fourth-order valence-corrected chi connectivity index (χ4v) is 1.87. The van der Waals surface area contributed by atoms with E-state index in [-0.39, 0.29) is 7.12 Å². The van der Waals surface area contributed by atoms with Crippen molar-refractivity contribution in [1.29, 1.82) is 0 Å². The lowest BCUT2D eigenvalue weighted by Gasteiger charge is -2.16. The van der Waals surface area contributed by atoms with Crippen molar-refractivity contribution in [1.82, 2.24) is 0 Å². The van der Waals surface area contributed by atoms with E-state index >= 15 is 0 Å². The van der Waals surface area contributed by atoms with Gasteiger partial charge in [0.1, 0.15) is 11.5 Å². The first-order valence-electron chi connectivity index (χ1n) is 6.17. The van der Waals surface area contributed by atoms with Crippen molar-refractivity contribution in [2.45, 2.75) is 0 Å². The molecule has 2 aromatic rings. The van der Waals surface area contributed by atoms with E-state index in [0.29, 0.717) is 6.61 Å². The molecule has 0 atom stereocenters. The predicted molar refractivity (Wildman–Crippen MR) is 74.5 cm³/mol. The molecule has 0 saturated carbocycles. The van der Waals surface area contributed by atoms with Crippen LogP contribution < -0.4 is 10.2 Å². The number of para-hydroxylation sites is 1. The van der Waals surface area contributed by atoms with Gasteiger partial charge >= 0.3 is 7.12 Å². The van der Waals surface area contributed by atoms with E-state index in [1.54, 1.807) is 6.26 Å². The van der Waals surface area contributed by atoms with Crippen LogP contribution in [0, 0.1) is 0 Å². The highest BCUT2D eigenvalue weighted by molar-refractivity contribution is 6.61. The van der Waals surface area contributed by atoms with Gasteiger partial charge in [0.15, 0.2) is 0 Å². The Labute approximate surface area is 112 Å². The zero-order chi connectivity index (χ0) is 12.9. The second-order valence-corrected chi connectivity index (χ2v) is 4.16. The average molecular weight is 252 g/mol. The standard InChI is InChI=1S/C15H13BO3/c1-2-7-14(8-3-1)19-15-9-4-6-13(12-15)16-17-10-5-11-18-16/h1-10,12H,11H2. The zero-order valence-corrected chi connectivity index (χ0v) is 10.4. The Morgan fingerprint density at radius 2 is 1.79 bits per heavy atom. The molecule has 0 N–H and O–H groups in total. The summed E-state index contributed by atoms with van der Waals surface area (Å²) in [5, 5.41) is 0. The Kier molecular flexibility index (Phi) is 3.52. The Morgan fingerprint density at radius 1 is 0.947 bits per heavy atom. The van der Waals surface area contributed by atoms with Crippen molar-refractivity contribution < 1.29 is 14.0 Å². The monoisotopic (exact) mass is 252 g/mol. The number of hydrogen-bond acceptors (Lipinski definition) is 3. The van der Waals surface area contributed by atoms with Crippen LogP contribution in [0.1, 0.15) is 0 Å². The quantitative estimate of drug-likeness (QED) is 0.786. The molecule has 1 aliphatic rings. The number of hydrogen-bond donors (Lipinski definition) is 0. The Bertz CT molecular complexity index is 569. The van der Waals surface area contributed by atoms with Crippen LogP contribution in [0.3, 0.4) is 0 Å². The van der Waals surface area contributed by atoms with Crippen LogP contribution in [-0.4, -0.2) is 13.7 Å². The molecular weight excluding hydrogens is 239 g/mol. The third-order valence-corrected chi connectivity index (χ3v) is 2.75. The van der Waals surface area contributed by atoms with Gasteiger partial charge in [-0.05, 0) is 30.3 Å². The highest BCUT2D eigenvalue weighted by Gasteiger charge is 2.24. The molecule has 0 spiro atoms. The maximum absolute atomic E-state index is 5.78.